The van der Waals surface area contributed by atoms with Gasteiger partial charge in [0.05, 0.1) is 13.2 Å². The summed E-state index contributed by atoms with van der Waals surface area (Å²) in [4.78, 5) is 34.7. The number of urea groups is 1. The predicted molar refractivity (Wildman–Crippen MR) is 61.7 cm³/mol. The Morgan fingerprint density at radius 1 is 1.33 bits per heavy atom. The van der Waals surface area contributed by atoms with Gasteiger partial charge in [-0.3, -0.25) is 0 Å². The fourth-order valence-electron chi connectivity index (χ4n) is 1.36. The molecule has 0 aromatic carbocycles. The van der Waals surface area contributed by atoms with E-state index in [1.165, 1.54) is 0 Å². The Balaban J connectivity index is 2.17. The molecule has 1 aliphatic rings. The first-order valence-electron chi connectivity index (χ1n) is 5.68. The normalized spacial score (nSPS) is 14.7. The van der Waals surface area contributed by atoms with E-state index >= 15 is 0 Å². The van der Waals surface area contributed by atoms with Gasteiger partial charge in [-0.25, -0.2) is 14.4 Å². The molecule has 0 unspecified atom stereocenters. The molecule has 1 saturated heterocycles. The zero-order chi connectivity index (χ0) is 13.4. The number of hydrogen-bond donors (Lipinski definition) is 1. The molecule has 0 radical (unpaired) electrons. The molecule has 2 amide bonds. The molecule has 7 nitrogen and oxygen atoms in total. The van der Waals surface area contributed by atoms with Gasteiger partial charge in [0, 0.05) is 25.2 Å². The van der Waals surface area contributed by atoms with Gasteiger partial charge in [0.2, 0.25) is 0 Å². The average Bonchev–Trinajstić information content (AvgIpc) is 2.73. The maximum atomic E-state index is 11.2. The number of carbonyl (C=O) groups is 3. The van der Waals surface area contributed by atoms with Crippen LogP contribution in [0.1, 0.15) is 6.92 Å². The van der Waals surface area contributed by atoms with Crippen molar-refractivity contribution in [2.45, 2.75) is 6.92 Å². The first-order chi connectivity index (χ1) is 8.63. The van der Waals surface area contributed by atoms with E-state index in [4.69, 9.17) is 4.74 Å². The van der Waals surface area contributed by atoms with E-state index in [2.05, 4.69) is 10.1 Å². The third-order valence-corrected chi connectivity index (χ3v) is 2.19. The molecule has 0 bridgehead atoms. The van der Waals surface area contributed by atoms with E-state index in [-0.39, 0.29) is 19.2 Å². The lowest BCUT2D eigenvalue weighted by Crippen LogP contribution is -2.31. The molecule has 1 rings (SSSR count). The second-order valence-electron chi connectivity index (χ2n) is 3.47. The Bertz CT molecular complexity index is 353. The van der Waals surface area contributed by atoms with Crippen molar-refractivity contribution in [3.63, 3.8) is 0 Å². The predicted octanol–water partition coefficient (Wildman–Crippen LogP) is -0.326. The second-order valence-corrected chi connectivity index (χ2v) is 3.47. The number of nitrogens with zero attached hydrogens (tertiary/aromatic N) is 1. The van der Waals surface area contributed by atoms with Crippen molar-refractivity contribution in [2.24, 2.45) is 0 Å². The van der Waals surface area contributed by atoms with Crippen LogP contribution >= 0.6 is 0 Å². The lowest BCUT2D eigenvalue weighted by molar-refractivity contribution is -0.140. The Labute approximate surface area is 105 Å². The third-order valence-electron chi connectivity index (χ3n) is 2.19. The largest absolute Gasteiger partial charge is 0.463 e. The minimum Gasteiger partial charge on any atom is -0.463 e. The van der Waals surface area contributed by atoms with Crippen LogP contribution in [0, 0.1) is 0 Å². The quantitative estimate of drug-likeness (QED) is 0.520. The molecule has 1 N–H and O–H groups in total. The Morgan fingerprint density at radius 3 is 2.56 bits per heavy atom. The molecule has 0 spiro atoms. The van der Waals surface area contributed by atoms with Crippen molar-refractivity contribution in [1.29, 1.82) is 0 Å². The molecule has 1 aliphatic heterocycles. The van der Waals surface area contributed by atoms with Crippen LogP contribution < -0.4 is 5.32 Å². The zero-order valence-electron chi connectivity index (χ0n) is 10.2. The van der Waals surface area contributed by atoms with E-state index in [9.17, 15) is 14.4 Å². The van der Waals surface area contributed by atoms with Crippen LogP contribution in [0.25, 0.3) is 0 Å². The van der Waals surface area contributed by atoms with Crippen molar-refractivity contribution < 1.29 is 23.9 Å². The Kier molecular flexibility index (Phi) is 5.69. The van der Waals surface area contributed by atoms with Gasteiger partial charge >= 0.3 is 18.0 Å². The minimum absolute atomic E-state index is 0.0966. The molecule has 0 saturated carbocycles. The average molecular weight is 256 g/mol. The monoisotopic (exact) mass is 256 g/mol. The number of esters is 2. The van der Waals surface area contributed by atoms with E-state index in [0.29, 0.717) is 19.6 Å². The van der Waals surface area contributed by atoms with Gasteiger partial charge in [0.15, 0.2) is 0 Å². The van der Waals surface area contributed by atoms with Gasteiger partial charge in [-0.2, -0.15) is 0 Å². The number of carbonyl (C=O) groups excluding carboxylic acids is 3. The van der Waals surface area contributed by atoms with E-state index < -0.39 is 11.9 Å². The topological polar surface area (TPSA) is 84.9 Å². The summed E-state index contributed by atoms with van der Waals surface area (Å²) in [6.07, 6.45) is 2.01. The van der Waals surface area contributed by atoms with Gasteiger partial charge in [-0.05, 0) is 6.92 Å². The second kappa shape index (κ2) is 7.31. The van der Waals surface area contributed by atoms with Crippen LogP contribution in [0.5, 0.6) is 0 Å². The summed E-state index contributed by atoms with van der Waals surface area (Å²) in [5.74, 6) is -1.23. The Hall–Kier alpha value is -2.05. The third kappa shape index (κ3) is 4.86. The first kappa shape index (κ1) is 14.0. The SMILES string of the molecule is CCOC(=O)C=CC(=O)OCCN1CCNC1=O. The Morgan fingerprint density at radius 2 is 2.00 bits per heavy atom. The van der Waals surface area contributed by atoms with Crippen LogP contribution in [-0.2, 0) is 19.1 Å². The maximum Gasteiger partial charge on any atom is 0.331 e. The standard InChI is InChI=1S/C11H16N2O5/c1-2-17-9(14)3-4-10(15)18-8-7-13-6-5-12-11(13)16/h3-4H,2,5-8H2,1H3,(H,12,16). The molecular formula is C11H16N2O5. The molecule has 100 valence electrons. The highest BCUT2D eigenvalue weighted by molar-refractivity contribution is 5.91. The zero-order valence-corrected chi connectivity index (χ0v) is 10.2. The van der Waals surface area contributed by atoms with Crippen LogP contribution in [0.4, 0.5) is 4.79 Å². The molecular weight excluding hydrogens is 240 g/mol. The minimum atomic E-state index is -0.636. The molecule has 0 aliphatic carbocycles. The van der Waals surface area contributed by atoms with Crippen molar-refractivity contribution in [2.75, 3.05) is 32.8 Å². The van der Waals surface area contributed by atoms with E-state index in [1.807, 2.05) is 0 Å². The summed E-state index contributed by atoms with van der Waals surface area (Å²) >= 11 is 0. The van der Waals surface area contributed by atoms with E-state index in [1.54, 1.807) is 11.8 Å². The fourth-order valence-corrected chi connectivity index (χ4v) is 1.36. The van der Waals surface area contributed by atoms with Gasteiger partial charge in [0.25, 0.3) is 0 Å². The molecule has 0 aromatic heterocycles. The van der Waals surface area contributed by atoms with Gasteiger partial charge in [-0.1, -0.05) is 0 Å². The number of hydrogen-bond acceptors (Lipinski definition) is 5. The summed E-state index contributed by atoms with van der Waals surface area (Å²) in [6.45, 7) is 3.57. The fraction of sp³-hybridized carbons (Fsp3) is 0.545. The highest BCUT2D eigenvalue weighted by Crippen LogP contribution is 1.96. The van der Waals surface area contributed by atoms with Crippen LogP contribution in [-0.4, -0.2) is 55.7 Å². The molecule has 1 fully saturated rings. The molecule has 18 heavy (non-hydrogen) atoms. The summed E-state index contributed by atoms with van der Waals surface area (Å²) in [6, 6.07) is -0.159. The summed E-state index contributed by atoms with van der Waals surface area (Å²) < 4.78 is 9.42. The number of rotatable bonds is 6. The summed E-state index contributed by atoms with van der Waals surface area (Å²) in [5, 5.41) is 2.63. The first-order valence-corrected chi connectivity index (χ1v) is 5.68. The lowest BCUT2D eigenvalue weighted by atomic mass is 10.5. The van der Waals surface area contributed by atoms with Gasteiger partial charge < -0.3 is 19.7 Å². The smallest absolute Gasteiger partial charge is 0.331 e. The summed E-state index contributed by atoms with van der Waals surface area (Å²) in [7, 11) is 0. The molecule has 0 aromatic rings. The number of ether oxygens (including phenoxy) is 2. The van der Waals surface area contributed by atoms with Crippen molar-refractivity contribution in [3.8, 4) is 0 Å². The van der Waals surface area contributed by atoms with E-state index in [0.717, 1.165) is 12.2 Å². The van der Waals surface area contributed by atoms with Gasteiger partial charge in [-0.15, -0.1) is 0 Å². The lowest BCUT2D eigenvalue weighted by Gasteiger charge is -2.12. The van der Waals surface area contributed by atoms with Crippen molar-refractivity contribution in [1.82, 2.24) is 10.2 Å². The highest BCUT2D eigenvalue weighted by atomic mass is 16.5. The van der Waals surface area contributed by atoms with Gasteiger partial charge in [0.1, 0.15) is 6.61 Å². The van der Waals surface area contributed by atoms with Crippen molar-refractivity contribution in [3.05, 3.63) is 12.2 Å². The molecule has 1 heterocycles. The van der Waals surface area contributed by atoms with Crippen LogP contribution in [0.2, 0.25) is 0 Å². The summed E-state index contributed by atoms with van der Waals surface area (Å²) in [5.41, 5.74) is 0. The highest BCUT2D eigenvalue weighted by Gasteiger charge is 2.18. The molecule has 0 atom stereocenters. The number of nitrogens with one attached hydrogen (secondary N) is 1. The maximum absolute atomic E-state index is 11.2. The van der Waals surface area contributed by atoms with Crippen LogP contribution in [0.3, 0.4) is 0 Å². The molecule has 7 heteroatoms. The van der Waals surface area contributed by atoms with Crippen molar-refractivity contribution >= 4 is 18.0 Å². The number of amides is 2. The van der Waals surface area contributed by atoms with Crippen LogP contribution in [0.15, 0.2) is 12.2 Å².